The molecule has 0 spiro atoms. The molecule has 0 radical (unpaired) electrons. The Morgan fingerprint density at radius 2 is 2.10 bits per heavy atom. The van der Waals surface area contributed by atoms with Crippen molar-refractivity contribution in [2.75, 3.05) is 13.7 Å². The number of carbonyl (C=O) groups is 2. The molecular formula is C14H14N2O4. The number of nitrogens with one attached hydrogen (secondary N) is 1. The van der Waals surface area contributed by atoms with Gasteiger partial charge in [0.1, 0.15) is 5.69 Å². The van der Waals surface area contributed by atoms with Gasteiger partial charge in [-0.05, 0) is 11.5 Å². The largest absolute Gasteiger partial charge is 0.479 e. The normalized spacial score (nSPS) is 12.1. The summed E-state index contributed by atoms with van der Waals surface area (Å²) in [6.45, 7) is -0.116. The number of aromatic nitrogens is 1. The summed E-state index contributed by atoms with van der Waals surface area (Å²) in [5.74, 6) is -1.55. The molecule has 6 heteroatoms. The number of fused-ring (bicyclic) bond motifs is 1. The first kappa shape index (κ1) is 14.0. The molecule has 0 aliphatic rings. The van der Waals surface area contributed by atoms with Crippen molar-refractivity contribution in [2.45, 2.75) is 6.10 Å². The summed E-state index contributed by atoms with van der Waals surface area (Å²) >= 11 is 0. The van der Waals surface area contributed by atoms with Crippen LogP contribution < -0.4 is 5.32 Å². The number of nitrogens with zero attached hydrogens (tertiary/aromatic N) is 1. The summed E-state index contributed by atoms with van der Waals surface area (Å²) in [7, 11) is 1.28. The van der Waals surface area contributed by atoms with Crippen LogP contribution in [-0.4, -0.2) is 41.7 Å². The van der Waals surface area contributed by atoms with Gasteiger partial charge in [0.2, 0.25) is 0 Å². The maximum atomic E-state index is 12.1. The molecule has 6 nitrogen and oxygen atoms in total. The fraction of sp³-hybridized carbons (Fsp3) is 0.214. The number of hydrogen-bond acceptors (Lipinski definition) is 4. The van der Waals surface area contributed by atoms with Gasteiger partial charge in [0.15, 0.2) is 6.10 Å². The van der Waals surface area contributed by atoms with Crippen LogP contribution in [0.3, 0.4) is 0 Å². The topological polar surface area (TPSA) is 88.5 Å². The fourth-order valence-corrected chi connectivity index (χ4v) is 1.84. The van der Waals surface area contributed by atoms with Crippen molar-refractivity contribution < 1.29 is 19.4 Å². The van der Waals surface area contributed by atoms with Crippen LogP contribution in [0, 0.1) is 0 Å². The second kappa shape index (κ2) is 6.12. The molecule has 0 saturated heterocycles. The van der Waals surface area contributed by atoms with E-state index in [-0.39, 0.29) is 12.2 Å². The Bertz CT molecular complexity index is 637. The molecule has 0 saturated carbocycles. The van der Waals surface area contributed by atoms with E-state index in [1.807, 2.05) is 18.2 Å². The molecule has 104 valence electrons. The smallest absolute Gasteiger partial charge is 0.334 e. The zero-order chi connectivity index (χ0) is 14.5. The van der Waals surface area contributed by atoms with Gasteiger partial charge in [0.05, 0.1) is 6.54 Å². The van der Waals surface area contributed by atoms with Crippen LogP contribution in [0.1, 0.15) is 10.5 Å². The molecular weight excluding hydrogens is 260 g/mol. The van der Waals surface area contributed by atoms with E-state index in [0.717, 1.165) is 10.8 Å². The predicted molar refractivity (Wildman–Crippen MR) is 72.5 cm³/mol. The van der Waals surface area contributed by atoms with Crippen molar-refractivity contribution in [1.82, 2.24) is 10.3 Å². The number of methoxy groups -OCH3 is 1. The van der Waals surface area contributed by atoms with E-state index in [1.165, 1.54) is 7.11 Å². The lowest BCUT2D eigenvalue weighted by molar-refractivity contribution is -0.148. The lowest BCUT2D eigenvalue weighted by atomic mass is 10.1. The van der Waals surface area contributed by atoms with E-state index in [1.54, 1.807) is 18.3 Å². The number of carboxylic acid groups (broad SMARTS) is 1. The average molecular weight is 274 g/mol. The van der Waals surface area contributed by atoms with Crippen molar-refractivity contribution in [2.24, 2.45) is 0 Å². The number of ether oxygens (including phenoxy) is 1. The molecule has 0 aliphatic carbocycles. The van der Waals surface area contributed by atoms with E-state index in [2.05, 4.69) is 10.3 Å². The predicted octanol–water partition coefficient (Wildman–Crippen LogP) is 1.06. The minimum absolute atomic E-state index is 0.116. The van der Waals surface area contributed by atoms with Crippen molar-refractivity contribution >= 4 is 22.6 Å². The number of hydrogen-bond donors (Lipinski definition) is 2. The molecule has 1 atom stereocenters. The standard InChI is InChI=1S/C14H14N2O4/c1-20-11(14(18)19)8-16-13(17)12-10-5-3-2-4-9(10)6-7-15-12/h2-7,11H,8H2,1H3,(H,16,17)(H,18,19). The van der Waals surface area contributed by atoms with Gasteiger partial charge in [0.25, 0.3) is 5.91 Å². The number of carboxylic acids is 1. The third kappa shape index (κ3) is 2.92. The zero-order valence-corrected chi connectivity index (χ0v) is 10.9. The number of carbonyl (C=O) groups excluding carboxylic acids is 1. The Labute approximate surface area is 115 Å². The highest BCUT2D eigenvalue weighted by atomic mass is 16.5. The van der Waals surface area contributed by atoms with Crippen LogP contribution in [-0.2, 0) is 9.53 Å². The van der Waals surface area contributed by atoms with Crippen LogP contribution in [0.4, 0.5) is 0 Å². The van der Waals surface area contributed by atoms with Crippen LogP contribution >= 0.6 is 0 Å². The quantitative estimate of drug-likeness (QED) is 0.851. The van der Waals surface area contributed by atoms with E-state index in [0.29, 0.717) is 0 Å². The number of amides is 1. The van der Waals surface area contributed by atoms with Gasteiger partial charge >= 0.3 is 5.97 Å². The molecule has 0 bridgehead atoms. The summed E-state index contributed by atoms with van der Waals surface area (Å²) in [5.41, 5.74) is 0.267. The highest BCUT2D eigenvalue weighted by molar-refractivity contribution is 6.05. The lowest BCUT2D eigenvalue weighted by Gasteiger charge is -2.12. The van der Waals surface area contributed by atoms with Crippen molar-refractivity contribution in [1.29, 1.82) is 0 Å². The van der Waals surface area contributed by atoms with Crippen LogP contribution in [0.25, 0.3) is 10.8 Å². The molecule has 1 amide bonds. The average Bonchev–Trinajstić information content (AvgIpc) is 2.46. The molecule has 0 fully saturated rings. The third-order valence-electron chi connectivity index (χ3n) is 2.90. The van der Waals surface area contributed by atoms with Gasteiger partial charge in [-0.1, -0.05) is 24.3 Å². The molecule has 2 rings (SSSR count). The van der Waals surface area contributed by atoms with Gasteiger partial charge in [-0.3, -0.25) is 9.78 Å². The molecule has 2 N–H and O–H groups in total. The van der Waals surface area contributed by atoms with Gasteiger partial charge in [-0.2, -0.15) is 0 Å². The molecule has 1 heterocycles. The van der Waals surface area contributed by atoms with Crippen LogP contribution in [0.2, 0.25) is 0 Å². The first-order valence-corrected chi connectivity index (χ1v) is 6.01. The maximum absolute atomic E-state index is 12.1. The van der Waals surface area contributed by atoms with Crippen molar-refractivity contribution in [3.8, 4) is 0 Å². The summed E-state index contributed by atoms with van der Waals surface area (Å²) in [6, 6.07) is 9.16. The number of pyridine rings is 1. The number of aliphatic carboxylic acids is 1. The van der Waals surface area contributed by atoms with E-state index >= 15 is 0 Å². The van der Waals surface area contributed by atoms with Crippen LogP contribution in [0.5, 0.6) is 0 Å². The fourth-order valence-electron chi connectivity index (χ4n) is 1.84. The highest BCUT2D eigenvalue weighted by Crippen LogP contribution is 2.15. The number of benzene rings is 1. The molecule has 0 aliphatic heterocycles. The molecule has 1 unspecified atom stereocenters. The first-order chi connectivity index (χ1) is 9.63. The first-order valence-electron chi connectivity index (χ1n) is 6.01. The number of rotatable bonds is 5. The van der Waals surface area contributed by atoms with Crippen molar-refractivity contribution in [3.63, 3.8) is 0 Å². The van der Waals surface area contributed by atoms with E-state index in [9.17, 15) is 9.59 Å². The monoisotopic (exact) mass is 274 g/mol. The zero-order valence-electron chi connectivity index (χ0n) is 10.9. The Balaban J connectivity index is 2.18. The Hall–Kier alpha value is -2.47. The lowest BCUT2D eigenvalue weighted by Crippen LogP contribution is -2.38. The SMILES string of the molecule is COC(CNC(=O)c1nccc2ccccc12)C(=O)O. The second-order valence-corrected chi connectivity index (χ2v) is 4.15. The summed E-state index contributed by atoms with van der Waals surface area (Å²) in [5, 5.41) is 13.0. The summed E-state index contributed by atoms with van der Waals surface area (Å²) in [6.07, 6.45) is 0.469. The molecule has 2 aromatic rings. The summed E-state index contributed by atoms with van der Waals surface area (Å²) < 4.78 is 4.75. The third-order valence-corrected chi connectivity index (χ3v) is 2.90. The van der Waals surface area contributed by atoms with Crippen LogP contribution in [0.15, 0.2) is 36.5 Å². The van der Waals surface area contributed by atoms with Gasteiger partial charge in [-0.25, -0.2) is 4.79 Å². The molecule has 1 aromatic heterocycles. The van der Waals surface area contributed by atoms with E-state index < -0.39 is 18.0 Å². The molecule has 1 aromatic carbocycles. The Kier molecular flexibility index (Phi) is 4.27. The van der Waals surface area contributed by atoms with E-state index in [4.69, 9.17) is 9.84 Å². The minimum atomic E-state index is -1.13. The highest BCUT2D eigenvalue weighted by Gasteiger charge is 2.18. The Morgan fingerprint density at radius 1 is 1.35 bits per heavy atom. The summed E-state index contributed by atoms with van der Waals surface area (Å²) in [4.78, 5) is 26.9. The van der Waals surface area contributed by atoms with Crippen molar-refractivity contribution in [3.05, 3.63) is 42.2 Å². The van der Waals surface area contributed by atoms with Gasteiger partial charge < -0.3 is 15.2 Å². The molecule has 20 heavy (non-hydrogen) atoms. The Morgan fingerprint density at radius 3 is 2.80 bits per heavy atom. The van der Waals surface area contributed by atoms with Gasteiger partial charge in [-0.15, -0.1) is 0 Å². The minimum Gasteiger partial charge on any atom is -0.479 e. The second-order valence-electron chi connectivity index (χ2n) is 4.15. The van der Waals surface area contributed by atoms with Gasteiger partial charge in [0, 0.05) is 18.7 Å². The maximum Gasteiger partial charge on any atom is 0.334 e.